The number of nitrogens with zero attached hydrogens (tertiary/aromatic N) is 3. The molecule has 174 valence electrons. The summed E-state index contributed by atoms with van der Waals surface area (Å²) in [5, 5.41) is 12.4. The van der Waals surface area contributed by atoms with Crippen molar-refractivity contribution in [2.24, 2.45) is 0 Å². The molecule has 0 radical (unpaired) electrons. The van der Waals surface area contributed by atoms with Crippen LogP contribution in [-0.4, -0.2) is 39.5 Å². The lowest BCUT2D eigenvalue weighted by molar-refractivity contribution is -0.113. The Kier molecular flexibility index (Phi) is 8.29. The fraction of sp³-hybridized carbons (Fsp3) is 0.304. The molecule has 0 bridgehead atoms. The molecule has 1 N–H and O–H groups in total. The van der Waals surface area contributed by atoms with E-state index in [-0.39, 0.29) is 17.8 Å². The van der Waals surface area contributed by atoms with Gasteiger partial charge in [0.05, 0.1) is 18.4 Å². The van der Waals surface area contributed by atoms with Crippen LogP contribution >= 0.6 is 23.1 Å². The first kappa shape index (κ1) is 24.5. The summed E-state index contributed by atoms with van der Waals surface area (Å²) >= 11 is 2.58. The van der Waals surface area contributed by atoms with Gasteiger partial charge < -0.3 is 14.8 Å². The molecule has 8 nitrogen and oxygen atoms in total. The zero-order valence-electron chi connectivity index (χ0n) is 19.0. The van der Waals surface area contributed by atoms with Crippen molar-refractivity contribution in [3.05, 3.63) is 64.8 Å². The zero-order chi connectivity index (χ0) is 24.0. The van der Waals surface area contributed by atoms with Crippen molar-refractivity contribution < 1.29 is 19.1 Å². The van der Waals surface area contributed by atoms with Crippen LogP contribution < -0.4 is 10.1 Å². The first-order chi connectivity index (χ1) is 15.8. The highest BCUT2D eigenvalue weighted by atomic mass is 32.2. The number of hydrogen-bond acceptors (Lipinski definition) is 8. The minimum absolute atomic E-state index is 0.0971. The normalized spacial score (nSPS) is 11.6. The molecule has 3 rings (SSSR count). The Morgan fingerprint density at radius 2 is 2.06 bits per heavy atom. The van der Waals surface area contributed by atoms with Gasteiger partial charge in [0.2, 0.25) is 5.91 Å². The highest BCUT2D eigenvalue weighted by Crippen LogP contribution is 2.29. The number of esters is 1. The molecule has 0 aliphatic heterocycles. The van der Waals surface area contributed by atoms with Gasteiger partial charge in [-0.1, -0.05) is 36.0 Å². The van der Waals surface area contributed by atoms with Crippen LogP contribution in [0, 0.1) is 13.8 Å². The van der Waals surface area contributed by atoms with Gasteiger partial charge in [0.1, 0.15) is 10.8 Å². The van der Waals surface area contributed by atoms with Gasteiger partial charge >= 0.3 is 5.97 Å². The zero-order valence-corrected chi connectivity index (χ0v) is 20.6. The Labute approximate surface area is 201 Å². The molecule has 0 aliphatic rings. The first-order valence-corrected chi connectivity index (χ1v) is 12.0. The number of methoxy groups -OCH3 is 1. The number of anilines is 1. The van der Waals surface area contributed by atoms with E-state index < -0.39 is 5.97 Å². The summed E-state index contributed by atoms with van der Waals surface area (Å²) in [6.45, 7) is 10.0. The number of amides is 1. The van der Waals surface area contributed by atoms with Crippen molar-refractivity contribution in [3.8, 4) is 5.75 Å². The van der Waals surface area contributed by atoms with E-state index in [4.69, 9.17) is 9.47 Å². The van der Waals surface area contributed by atoms with Crippen LogP contribution in [0.4, 0.5) is 5.00 Å². The lowest BCUT2D eigenvalue weighted by Crippen LogP contribution is -2.16. The molecule has 1 atom stereocenters. The highest BCUT2D eigenvalue weighted by Gasteiger charge is 2.21. The number of thioether (sulfide) groups is 1. The quantitative estimate of drug-likeness (QED) is 0.250. The first-order valence-electron chi connectivity index (χ1n) is 10.2. The predicted molar refractivity (Wildman–Crippen MR) is 130 cm³/mol. The van der Waals surface area contributed by atoms with Crippen molar-refractivity contribution in [2.75, 3.05) is 18.2 Å². The lowest BCUT2D eigenvalue weighted by Gasteiger charge is -2.17. The molecule has 3 aromatic rings. The number of thiophene rings is 1. The summed E-state index contributed by atoms with van der Waals surface area (Å²) in [7, 11) is 1.31. The van der Waals surface area contributed by atoms with E-state index in [1.165, 1.54) is 30.2 Å². The largest absolute Gasteiger partial charge is 0.482 e. The number of ether oxygens (including phenoxy) is 2. The lowest BCUT2D eigenvalue weighted by atomic mass is 10.2. The molecular weight excluding hydrogens is 460 g/mol. The SMILES string of the molecule is C=CCn1c(SCC(=O)Nc2sc(C)cc2C(=O)OC)nnc1C(C)Oc1ccccc1C. The Balaban J connectivity index is 1.70. The molecule has 1 unspecified atom stereocenters. The van der Waals surface area contributed by atoms with Crippen LogP contribution in [0.15, 0.2) is 48.1 Å². The van der Waals surface area contributed by atoms with E-state index >= 15 is 0 Å². The van der Waals surface area contributed by atoms with Gasteiger partial charge in [0, 0.05) is 11.4 Å². The van der Waals surface area contributed by atoms with Crippen LogP contribution in [0.5, 0.6) is 5.75 Å². The Morgan fingerprint density at radius 1 is 1.30 bits per heavy atom. The molecule has 2 heterocycles. The van der Waals surface area contributed by atoms with E-state index in [0.29, 0.717) is 28.1 Å². The number of benzene rings is 1. The van der Waals surface area contributed by atoms with Crippen LogP contribution in [0.25, 0.3) is 0 Å². The molecular formula is C23H26N4O4S2. The van der Waals surface area contributed by atoms with Crippen LogP contribution in [0.1, 0.15) is 39.7 Å². The molecule has 0 fully saturated rings. The van der Waals surface area contributed by atoms with Gasteiger partial charge in [0.25, 0.3) is 0 Å². The smallest absolute Gasteiger partial charge is 0.340 e. The maximum atomic E-state index is 12.6. The second kappa shape index (κ2) is 11.2. The number of para-hydroxylation sites is 1. The minimum Gasteiger partial charge on any atom is -0.482 e. The number of hydrogen-bond donors (Lipinski definition) is 1. The average molecular weight is 487 g/mol. The third-order valence-electron chi connectivity index (χ3n) is 4.66. The average Bonchev–Trinajstić information content (AvgIpc) is 3.36. The molecule has 1 amide bonds. The monoisotopic (exact) mass is 486 g/mol. The third-order valence-corrected chi connectivity index (χ3v) is 6.60. The molecule has 2 aromatic heterocycles. The van der Waals surface area contributed by atoms with Gasteiger partial charge in [-0.25, -0.2) is 4.79 Å². The van der Waals surface area contributed by atoms with Crippen LogP contribution in [-0.2, 0) is 16.1 Å². The third kappa shape index (κ3) is 6.02. The van der Waals surface area contributed by atoms with Crippen molar-refractivity contribution in [3.63, 3.8) is 0 Å². The molecule has 33 heavy (non-hydrogen) atoms. The maximum absolute atomic E-state index is 12.6. The van der Waals surface area contributed by atoms with E-state index in [1.54, 1.807) is 12.1 Å². The predicted octanol–water partition coefficient (Wildman–Crippen LogP) is 4.80. The number of nitrogens with one attached hydrogen (secondary N) is 1. The Bertz CT molecular complexity index is 1160. The van der Waals surface area contributed by atoms with Crippen molar-refractivity contribution in [2.45, 2.75) is 38.6 Å². The van der Waals surface area contributed by atoms with E-state index in [0.717, 1.165) is 16.2 Å². The van der Waals surface area contributed by atoms with Crippen LogP contribution in [0.2, 0.25) is 0 Å². The van der Waals surface area contributed by atoms with Gasteiger partial charge in [-0.3, -0.25) is 9.36 Å². The highest BCUT2D eigenvalue weighted by molar-refractivity contribution is 7.99. The fourth-order valence-electron chi connectivity index (χ4n) is 3.10. The number of carbonyl (C=O) groups excluding carboxylic acids is 2. The second-order valence-corrected chi connectivity index (χ2v) is 9.39. The fourth-order valence-corrected chi connectivity index (χ4v) is 4.77. The van der Waals surface area contributed by atoms with E-state index in [2.05, 4.69) is 22.1 Å². The Morgan fingerprint density at radius 3 is 2.76 bits per heavy atom. The van der Waals surface area contributed by atoms with Crippen molar-refractivity contribution in [1.82, 2.24) is 14.8 Å². The summed E-state index contributed by atoms with van der Waals surface area (Å²) in [5.74, 6) is 0.772. The van der Waals surface area contributed by atoms with Gasteiger partial charge in [0.15, 0.2) is 17.1 Å². The van der Waals surface area contributed by atoms with Crippen molar-refractivity contribution >= 4 is 40.0 Å². The number of carbonyl (C=O) groups is 2. The summed E-state index contributed by atoms with van der Waals surface area (Å²) < 4.78 is 12.8. The molecule has 10 heteroatoms. The van der Waals surface area contributed by atoms with Gasteiger partial charge in [-0.05, 0) is 38.5 Å². The molecule has 0 aliphatic carbocycles. The number of allylic oxidation sites excluding steroid dienone is 1. The topological polar surface area (TPSA) is 95.3 Å². The summed E-state index contributed by atoms with van der Waals surface area (Å²) in [6, 6.07) is 9.47. The van der Waals surface area contributed by atoms with Crippen LogP contribution in [0.3, 0.4) is 0 Å². The standard InChI is InChI=1S/C23H26N4O4S2/c1-6-11-27-20(16(4)31-18-10-8-7-9-14(18)2)25-26-23(27)32-13-19(28)24-21-17(22(29)30-5)12-15(3)33-21/h6-10,12,16H,1,11,13H2,2-5H3,(H,24,28). The number of aryl methyl sites for hydroxylation is 2. The van der Waals surface area contributed by atoms with E-state index in [9.17, 15) is 9.59 Å². The molecule has 1 aromatic carbocycles. The summed E-state index contributed by atoms with van der Waals surface area (Å²) in [5.41, 5.74) is 1.37. The second-order valence-electron chi connectivity index (χ2n) is 7.19. The van der Waals surface area contributed by atoms with Crippen molar-refractivity contribution in [1.29, 1.82) is 0 Å². The molecule has 0 saturated carbocycles. The molecule has 0 saturated heterocycles. The van der Waals surface area contributed by atoms with Gasteiger partial charge in [-0.15, -0.1) is 28.1 Å². The minimum atomic E-state index is -0.486. The maximum Gasteiger partial charge on any atom is 0.340 e. The summed E-state index contributed by atoms with van der Waals surface area (Å²) in [6.07, 6.45) is 1.40. The molecule has 0 spiro atoms. The number of aromatic nitrogens is 3. The van der Waals surface area contributed by atoms with Gasteiger partial charge in [-0.2, -0.15) is 0 Å². The number of rotatable bonds is 10. The van der Waals surface area contributed by atoms with E-state index in [1.807, 2.05) is 49.6 Å². The Hall–Kier alpha value is -3.11. The summed E-state index contributed by atoms with van der Waals surface area (Å²) in [4.78, 5) is 25.4.